The Morgan fingerprint density at radius 1 is 1.21 bits per heavy atom. The van der Waals surface area contributed by atoms with Crippen molar-refractivity contribution in [2.45, 2.75) is 63.9 Å². The molecule has 4 rings (SSSR count). The quantitative estimate of drug-likeness (QED) is 0.424. The number of hydrogen-bond acceptors (Lipinski definition) is 8. The summed E-state index contributed by atoms with van der Waals surface area (Å²) in [7, 11) is 3.21. The monoisotopic (exact) mass is 469 g/mol. The van der Waals surface area contributed by atoms with E-state index in [0.29, 0.717) is 35.8 Å². The summed E-state index contributed by atoms with van der Waals surface area (Å²) in [6.45, 7) is 1.75. The number of esters is 1. The van der Waals surface area contributed by atoms with Crippen molar-refractivity contribution in [2.24, 2.45) is 5.92 Å². The molecule has 1 fully saturated rings. The predicted molar refractivity (Wildman–Crippen MR) is 123 cm³/mol. The second kappa shape index (κ2) is 9.91. The number of ether oxygens (including phenoxy) is 3. The molecule has 1 aliphatic heterocycles. The van der Waals surface area contributed by atoms with Crippen molar-refractivity contribution in [3.8, 4) is 11.5 Å². The van der Waals surface area contributed by atoms with Gasteiger partial charge in [0.15, 0.2) is 5.78 Å². The molecule has 8 nitrogen and oxygen atoms in total. The molecule has 0 saturated heterocycles. The first-order chi connectivity index (χ1) is 16.3. The normalized spacial score (nSPS) is 21.0. The number of aliphatic hydroxyl groups excluding tert-OH is 1. The minimum Gasteiger partial charge on any atom is -0.511 e. The van der Waals surface area contributed by atoms with Crippen LogP contribution in [0, 0.1) is 12.8 Å². The van der Waals surface area contributed by atoms with Gasteiger partial charge in [-0.15, -0.1) is 0 Å². The average molecular weight is 470 g/mol. The molecule has 1 saturated carbocycles. The SMILES string of the molecule is COc1ccc(CCC2(C3CCCC3)CC(O)=C(C(=O)Cc3cc(C)no3)C(=O)O2)c(OC)c1. The summed E-state index contributed by atoms with van der Waals surface area (Å²) in [5.41, 5.74) is 0.448. The zero-order valence-electron chi connectivity index (χ0n) is 19.9. The van der Waals surface area contributed by atoms with Gasteiger partial charge in [0.25, 0.3) is 0 Å². The summed E-state index contributed by atoms with van der Waals surface area (Å²) in [6.07, 6.45) is 5.01. The van der Waals surface area contributed by atoms with Gasteiger partial charge in [-0.25, -0.2) is 4.79 Å². The minimum atomic E-state index is -0.866. The third-order valence-corrected chi connectivity index (χ3v) is 6.96. The van der Waals surface area contributed by atoms with Crippen LogP contribution < -0.4 is 9.47 Å². The van der Waals surface area contributed by atoms with Crippen LogP contribution in [0.3, 0.4) is 0 Å². The number of nitrogens with zero attached hydrogens (tertiary/aromatic N) is 1. The van der Waals surface area contributed by atoms with Crippen LogP contribution in [-0.2, 0) is 27.2 Å². The summed E-state index contributed by atoms with van der Waals surface area (Å²) in [6, 6.07) is 7.26. The van der Waals surface area contributed by atoms with E-state index in [0.717, 1.165) is 31.2 Å². The van der Waals surface area contributed by atoms with Gasteiger partial charge < -0.3 is 23.8 Å². The second-order valence-corrected chi connectivity index (χ2v) is 9.15. The van der Waals surface area contributed by atoms with E-state index in [4.69, 9.17) is 18.7 Å². The van der Waals surface area contributed by atoms with Gasteiger partial charge in [-0.1, -0.05) is 24.1 Å². The molecule has 0 radical (unpaired) electrons. The van der Waals surface area contributed by atoms with Gasteiger partial charge in [-0.05, 0) is 50.2 Å². The highest BCUT2D eigenvalue weighted by Crippen LogP contribution is 2.46. The largest absolute Gasteiger partial charge is 0.511 e. The number of Topliss-reactive ketones (excluding diaryl/α,β-unsaturated/α-hetero) is 1. The third-order valence-electron chi connectivity index (χ3n) is 6.96. The van der Waals surface area contributed by atoms with Gasteiger partial charge in [0, 0.05) is 18.6 Å². The molecule has 8 heteroatoms. The number of aromatic nitrogens is 1. The molecular weight excluding hydrogens is 438 g/mol. The number of ketones is 1. The van der Waals surface area contributed by atoms with E-state index in [9.17, 15) is 14.7 Å². The number of aryl methyl sites for hydroxylation is 2. The third kappa shape index (κ3) is 4.81. The van der Waals surface area contributed by atoms with Crippen LogP contribution in [0.25, 0.3) is 0 Å². The maximum Gasteiger partial charge on any atom is 0.345 e. The van der Waals surface area contributed by atoms with Crippen LogP contribution in [0.5, 0.6) is 11.5 Å². The molecule has 1 aromatic heterocycles. The summed E-state index contributed by atoms with van der Waals surface area (Å²) >= 11 is 0. The van der Waals surface area contributed by atoms with Gasteiger partial charge in [-0.2, -0.15) is 0 Å². The Morgan fingerprint density at radius 3 is 2.59 bits per heavy atom. The van der Waals surface area contributed by atoms with Crippen LogP contribution in [0.15, 0.2) is 40.1 Å². The average Bonchev–Trinajstić information content (AvgIpc) is 3.49. The maximum absolute atomic E-state index is 13.1. The van der Waals surface area contributed by atoms with Crippen LogP contribution in [0.1, 0.15) is 55.5 Å². The highest BCUT2D eigenvalue weighted by molar-refractivity contribution is 6.18. The Labute approximate surface area is 198 Å². The summed E-state index contributed by atoms with van der Waals surface area (Å²) in [5, 5.41) is 14.7. The second-order valence-electron chi connectivity index (χ2n) is 9.15. The van der Waals surface area contributed by atoms with Crippen molar-refractivity contribution in [3.05, 3.63) is 52.6 Å². The number of hydrogen-bond donors (Lipinski definition) is 1. The van der Waals surface area contributed by atoms with Crippen molar-refractivity contribution < 1.29 is 33.4 Å². The van der Waals surface area contributed by atoms with E-state index >= 15 is 0 Å². The molecule has 2 aliphatic rings. The van der Waals surface area contributed by atoms with E-state index in [2.05, 4.69) is 5.16 Å². The lowest BCUT2D eigenvalue weighted by molar-refractivity contribution is -0.168. The van der Waals surface area contributed by atoms with Crippen LogP contribution >= 0.6 is 0 Å². The molecule has 182 valence electrons. The van der Waals surface area contributed by atoms with Gasteiger partial charge in [0.1, 0.15) is 34.2 Å². The fourth-order valence-corrected chi connectivity index (χ4v) is 5.21. The number of carbonyl (C=O) groups is 2. The van der Waals surface area contributed by atoms with E-state index in [-0.39, 0.29) is 30.1 Å². The van der Waals surface area contributed by atoms with E-state index in [1.165, 1.54) is 0 Å². The first-order valence-corrected chi connectivity index (χ1v) is 11.7. The number of methoxy groups -OCH3 is 2. The predicted octanol–water partition coefficient (Wildman–Crippen LogP) is 4.43. The highest BCUT2D eigenvalue weighted by Gasteiger charge is 2.49. The Balaban J connectivity index is 1.58. The van der Waals surface area contributed by atoms with Gasteiger partial charge in [0.2, 0.25) is 0 Å². The summed E-state index contributed by atoms with van der Waals surface area (Å²) in [5.74, 6) is 0.355. The van der Waals surface area contributed by atoms with Crippen LogP contribution in [0.2, 0.25) is 0 Å². The number of aliphatic hydroxyl groups is 1. The fourth-order valence-electron chi connectivity index (χ4n) is 5.21. The Morgan fingerprint density at radius 2 is 1.97 bits per heavy atom. The minimum absolute atomic E-state index is 0.122. The van der Waals surface area contributed by atoms with E-state index in [1.807, 2.05) is 18.2 Å². The van der Waals surface area contributed by atoms with Crippen molar-refractivity contribution in [1.29, 1.82) is 0 Å². The van der Waals surface area contributed by atoms with Crippen molar-refractivity contribution >= 4 is 11.8 Å². The van der Waals surface area contributed by atoms with Crippen LogP contribution in [0.4, 0.5) is 0 Å². The zero-order chi connectivity index (χ0) is 24.3. The van der Waals surface area contributed by atoms with Crippen molar-refractivity contribution in [2.75, 3.05) is 14.2 Å². The molecule has 2 heterocycles. The molecule has 0 bridgehead atoms. The fraction of sp³-hybridized carbons (Fsp3) is 0.500. The highest BCUT2D eigenvalue weighted by atomic mass is 16.6. The molecule has 0 spiro atoms. The molecule has 0 amide bonds. The van der Waals surface area contributed by atoms with E-state index < -0.39 is 17.4 Å². The van der Waals surface area contributed by atoms with Crippen molar-refractivity contribution in [3.63, 3.8) is 0 Å². The first kappa shape index (κ1) is 23.9. The molecule has 1 atom stereocenters. The van der Waals surface area contributed by atoms with Gasteiger partial charge in [0.05, 0.1) is 26.3 Å². The van der Waals surface area contributed by atoms with Gasteiger partial charge in [-0.3, -0.25) is 4.79 Å². The van der Waals surface area contributed by atoms with E-state index in [1.54, 1.807) is 27.2 Å². The van der Waals surface area contributed by atoms with Crippen molar-refractivity contribution in [1.82, 2.24) is 5.16 Å². The maximum atomic E-state index is 13.1. The lowest BCUT2D eigenvalue weighted by Gasteiger charge is -2.41. The molecule has 1 unspecified atom stereocenters. The molecule has 2 aromatic rings. The molecule has 1 aromatic carbocycles. The number of carbonyl (C=O) groups excluding carboxylic acids is 2. The lowest BCUT2D eigenvalue weighted by atomic mass is 9.76. The Bertz CT molecular complexity index is 1100. The zero-order valence-corrected chi connectivity index (χ0v) is 19.9. The van der Waals surface area contributed by atoms with Crippen LogP contribution in [-0.4, -0.2) is 41.8 Å². The lowest BCUT2D eigenvalue weighted by Crippen LogP contribution is -2.47. The Kier molecular flexibility index (Phi) is 6.95. The Hall–Kier alpha value is -3.29. The summed E-state index contributed by atoms with van der Waals surface area (Å²) < 4.78 is 22.0. The summed E-state index contributed by atoms with van der Waals surface area (Å²) in [4.78, 5) is 25.9. The topological polar surface area (TPSA) is 108 Å². The molecule has 1 N–H and O–H groups in total. The number of benzene rings is 1. The molecule has 1 aliphatic carbocycles. The number of cyclic esters (lactones) is 1. The first-order valence-electron chi connectivity index (χ1n) is 11.7. The number of rotatable bonds is 9. The molecular formula is C26H31NO7. The van der Waals surface area contributed by atoms with Gasteiger partial charge >= 0.3 is 5.97 Å². The molecule has 34 heavy (non-hydrogen) atoms. The smallest absolute Gasteiger partial charge is 0.345 e. The standard InChI is InChI=1S/C26H31NO7/c1-16-12-20(34-27-16)13-21(28)24-22(29)15-26(33-25(24)30,18-6-4-5-7-18)11-10-17-8-9-19(31-2)14-23(17)32-3/h8-9,12,14,18,29H,4-7,10-11,13,15H2,1-3H3.